The molecule has 0 bridgehead atoms. The van der Waals surface area contributed by atoms with E-state index in [0.717, 1.165) is 12.1 Å². The second-order valence-electron chi connectivity index (χ2n) is 3.58. The highest BCUT2D eigenvalue weighted by atomic mass is 79.9. The lowest BCUT2D eigenvalue weighted by Gasteiger charge is -2.06. The molecule has 2 rings (SSSR count). The lowest BCUT2D eigenvalue weighted by atomic mass is 10.2. The second-order valence-corrected chi connectivity index (χ2v) is 4.79. The Balaban J connectivity index is 2.20. The van der Waals surface area contributed by atoms with Crippen molar-refractivity contribution in [3.8, 4) is 0 Å². The summed E-state index contributed by atoms with van der Waals surface area (Å²) < 4.78 is 26.3. The van der Waals surface area contributed by atoms with Crippen LogP contribution in [0.5, 0.6) is 0 Å². The molecule has 0 spiro atoms. The van der Waals surface area contributed by atoms with Gasteiger partial charge in [0.1, 0.15) is 5.15 Å². The Bertz CT molecular complexity index is 652. The fourth-order valence-electron chi connectivity index (χ4n) is 1.33. The highest BCUT2D eigenvalue weighted by Gasteiger charge is 2.10. The van der Waals surface area contributed by atoms with E-state index < -0.39 is 17.5 Å². The average molecular weight is 348 g/mol. The maximum Gasteiger partial charge on any atom is 0.255 e. The number of rotatable bonds is 2. The first-order valence-corrected chi connectivity index (χ1v) is 6.22. The predicted octanol–water partition coefficient (Wildman–Crippen LogP) is 4.03. The number of hydrogen-bond donors (Lipinski definition) is 1. The molecule has 3 nitrogen and oxygen atoms in total. The first-order chi connectivity index (χ1) is 8.97. The number of carbonyl (C=O) groups is 1. The molecule has 1 amide bonds. The second kappa shape index (κ2) is 5.63. The molecule has 0 fully saturated rings. The van der Waals surface area contributed by atoms with E-state index in [9.17, 15) is 13.6 Å². The van der Waals surface area contributed by atoms with E-state index in [0.29, 0.717) is 10.2 Å². The van der Waals surface area contributed by atoms with E-state index in [-0.39, 0.29) is 10.7 Å². The number of aromatic nitrogens is 1. The summed E-state index contributed by atoms with van der Waals surface area (Å²) in [5, 5.41) is 2.75. The van der Waals surface area contributed by atoms with Crippen LogP contribution in [0.4, 0.5) is 14.5 Å². The number of amides is 1. The monoisotopic (exact) mass is 346 g/mol. The molecule has 0 radical (unpaired) electrons. The molecule has 0 aliphatic rings. The van der Waals surface area contributed by atoms with Gasteiger partial charge in [-0.1, -0.05) is 11.6 Å². The molecule has 19 heavy (non-hydrogen) atoms. The van der Waals surface area contributed by atoms with Crippen LogP contribution in [0.25, 0.3) is 0 Å². The third-order valence-electron chi connectivity index (χ3n) is 2.24. The van der Waals surface area contributed by atoms with Gasteiger partial charge in [-0.2, -0.15) is 0 Å². The van der Waals surface area contributed by atoms with Gasteiger partial charge in [0.2, 0.25) is 0 Å². The van der Waals surface area contributed by atoms with Gasteiger partial charge in [0.05, 0.1) is 16.4 Å². The number of hydrogen-bond acceptors (Lipinski definition) is 2. The molecule has 2 aromatic rings. The van der Waals surface area contributed by atoms with Crippen LogP contribution < -0.4 is 5.32 Å². The first kappa shape index (κ1) is 13.9. The maximum absolute atomic E-state index is 13.0. The van der Waals surface area contributed by atoms with Crippen LogP contribution in [-0.2, 0) is 0 Å². The predicted molar refractivity (Wildman–Crippen MR) is 71.3 cm³/mol. The van der Waals surface area contributed by atoms with Crippen LogP contribution in [0.1, 0.15) is 10.4 Å². The summed E-state index contributed by atoms with van der Waals surface area (Å²) in [6.07, 6.45) is 1.35. The Labute approximate surface area is 120 Å². The van der Waals surface area contributed by atoms with Crippen molar-refractivity contribution in [3.05, 3.63) is 57.3 Å². The zero-order valence-corrected chi connectivity index (χ0v) is 11.6. The molecule has 0 unspecified atom stereocenters. The molecule has 0 aliphatic carbocycles. The van der Waals surface area contributed by atoms with Crippen molar-refractivity contribution in [3.63, 3.8) is 0 Å². The minimum absolute atomic E-state index is 0.00460. The molecular formula is C12H6BrClF2N2O. The quantitative estimate of drug-likeness (QED) is 0.834. The van der Waals surface area contributed by atoms with Crippen LogP contribution in [0.2, 0.25) is 5.15 Å². The Kier molecular flexibility index (Phi) is 4.11. The minimum atomic E-state index is -1.08. The summed E-state index contributed by atoms with van der Waals surface area (Å²) in [4.78, 5) is 15.6. The maximum atomic E-state index is 13.0. The van der Waals surface area contributed by atoms with Gasteiger partial charge in [0.15, 0.2) is 11.6 Å². The van der Waals surface area contributed by atoms with Gasteiger partial charge < -0.3 is 5.32 Å². The van der Waals surface area contributed by atoms with Gasteiger partial charge in [-0.3, -0.25) is 4.79 Å². The Morgan fingerprint density at radius 2 is 2.00 bits per heavy atom. The summed E-state index contributed by atoms with van der Waals surface area (Å²) in [5.41, 5.74) is 0.385. The summed E-state index contributed by atoms with van der Waals surface area (Å²) in [7, 11) is 0. The van der Waals surface area contributed by atoms with Crippen molar-refractivity contribution in [2.45, 2.75) is 0 Å². The summed E-state index contributed by atoms with van der Waals surface area (Å²) >= 11 is 8.87. The highest BCUT2D eigenvalue weighted by molar-refractivity contribution is 9.10. The van der Waals surface area contributed by atoms with Crippen molar-refractivity contribution in [2.75, 3.05) is 5.32 Å². The van der Waals surface area contributed by atoms with Crippen molar-refractivity contribution in [2.24, 2.45) is 0 Å². The van der Waals surface area contributed by atoms with Gasteiger partial charge in [0, 0.05) is 5.56 Å². The van der Waals surface area contributed by atoms with Crippen LogP contribution in [0.15, 0.2) is 34.9 Å². The fraction of sp³-hybridized carbons (Fsp3) is 0. The first-order valence-electron chi connectivity index (χ1n) is 5.05. The number of halogens is 4. The number of pyridine rings is 1. The Hall–Kier alpha value is -1.53. The summed E-state index contributed by atoms with van der Waals surface area (Å²) in [6, 6.07) is 4.45. The summed E-state index contributed by atoms with van der Waals surface area (Å²) in [6.45, 7) is 0. The number of benzene rings is 1. The van der Waals surface area contributed by atoms with Gasteiger partial charge in [-0.15, -0.1) is 0 Å². The van der Waals surface area contributed by atoms with Gasteiger partial charge in [-0.25, -0.2) is 13.8 Å². The number of anilines is 1. The zero-order valence-electron chi connectivity index (χ0n) is 9.25. The SMILES string of the molecule is O=C(Nc1cnc(Cl)c(Br)c1)c1ccc(F)c(F)c1. The largest absolute Gasteiger partial charge is 0.321 e. The highest BCUT2D eigenvalue weighted by Crippen LogP contribution is 2.23. The van der Waals surface area contributed by atoms with E-state index in [4.69, 9.17) is 11.6 Å². The normalized spacial score (nSPS) is 10.3. The van der Waals surface area contributed by atoms with E-state index in [1.54, 1.807) is 6.07 Å². The van der Waals surface area contributed by atoms with Crippen LogP contribution in [-0.4, -0.2) is 10.9 Å². The van der Waals surface area contributed by atoms with Crippen molar-refractivity contribution in [1.29, 1.82) is 0 Å². The van der Waals surface area contributed by atoms with E-state index in [1.807, 2.05) is 0 Å². The topological polar surface area (TPSA) is 42.0 Å². The van der Waals surface area contributed by atoms with Crippen LogP contribution >= 0.6 is 27.5 Å². The number of carbonyl (C=O) groups excluding carboxylic acids is 1. The minimum Gasteiger partial charge on any atom is -0.321 e. The molecule has 1 N–H and O–H groups in total. The van der Waals surface area contributed by atoms with Crippen LogP contribution in [0.3, 0.4) is 0 Å². The molecule has 0 saturated carbocycles. The fourth-order valence-corrected chi connectivity index (χ4v) is 1.78. The molecule has 98 valence electrons. The molecule has 1 heterocycles. The standard InChI is InChI=1S/C12H6BrClF2N2O/c13-8-4-7(5-17-11(8)14)18-12(19)6-1-2-9(15)10(16)3-6/h1-5H,(H,18,19). The average Bonchev–Trinajstić information content (AvgIpc) is 2.37. The van der Waals surface area contributed by atoms with E-state index in [1.165, 1.54) is 12.3 Å². The zero-order chi connectivity index (χ0) is 14.0. The van der Waals surface area contributed by atoms with Gasteiger partial charge in [-0.05, 0) is 40.2 Å². The molecule has 7 heteroatoms. The lowest BCUT2D eigenvalue weighted by Crippen LogP contribution is -2.12. The Morgan fingerprint density at radius 3 is 2.63 bits per heavy atom. The molecule has 0 atom stereocenters. The molecule has 1 aromatic heterocycles. The molecule has 1 aromatic carbocycles. The number of nitrogens with one attached hydrogen (secondary N) is 1. The van der Waals surface area contributed by atoms with Crippen LogP contribution in [0, 0.1) is 11.6 Å². The third kappa shape index (κ3) is 3.27. The van der Waals surface area contributed by atoms with Gasteiger partial charge in [0.25, 0.3) is 5.91 Å². The smallest absolute Gasteiger partial charge is 0.255 e. The summed E-state index contributed by atoms with van der Waals surface area (Å²) in [5.74, 6) is -2.66. The molecule has 0 saturated heterocycles. The molecular weight excluding hydrogens is 341 g/mol. The third-order valence-corrected chi connectivity index (χ3v) is 3.37. The van der Waals surface area contributed by atoms with E-state index in [2.05, 4.69) is 26.2 Å². The van der Waals surface area contributed by atoms with Crippen molar-refractivity contribution >= 4 is 39.1 Å². The van der Waals surface area contributed by atoms with Gasteiger partial charge >= 0.3 is 0 Å². The van der Waals surface area contributed by atoms with E-state index >= 15 is 0 Å². The Morgan fingerprint density at radius 1 is 1.26 bits per heavy atom. The lowest BCUT2D eigenvalue weighted by molar-refractivity contribution is 0.102. The van der Waals surface area contributed by atoms with Crippen molar-refractivity contribution < 1.29 is 13.6 Å². The molecule has 0 aliphatic heterocycles. The van der Waals surface area contributed by atoms with Crippen molar-refractivity contribution in [1.82, 2.24) is 4.98 Å². The number of nitrogens with zero attached hydrogens (tertiary/aromatic N) is 1.